The first kappa shape index (κ1) is 13.4. The predicted octanol–water partition coefficient (Wildman–Crippen LogP) is 2.99. The fourth-order valence-corrected chi connectivity index (χ4v) is 3.28. The Balaban J connectivity index is 2.88. The average Bonchev–Trinajstić information content (AvgIpc) is 2.07. The maximum absolute atomic E-state index is 12.8. The molecular formula is C10H13BrFNO2S. The fourth-order valence-electron chi connectivity index (χ4n) is 1.22. The summed E-state index contributed by atoms with van der Waals surface area (Å²) in [4.78, 5) is 0. The maximum Gasteiger partial charge on any atom is 0.233 e. The molecule has 90 valence electrons. The average molecular weight is 310 g/mol. The van der Waals surface area contributed by atoms with Gasteiger partial charge in [0.2, 0.25) is 10.0 Å². The van der Waals surface area contributed by atoms with Crippen molar-refractivity contribution >= 4 is 31.6 Å². The van der Waals surface area contributed by atoms with Gasteiger partial charge in [-0.3, -0.25) is 4.72 Å². The smallest absolute Gasteiger partial charge is 0.233 e. The summed E-state index contributed by atoms with van der Waals surface area (Å²) in [6, 6.07) is 3.81. The molecule has 0 radical (unpaired) electrons. The molecule has 0 aliphatic rings. The zero-order valence-corrected chi connectivity index (χ0v) is 11.4. The minimum atomic E-state index is -3.37. The van der Waals surface area contributed by atoms with Gasteiger partial charge in [0.25, 0.3) is 0 Å². The third kappa shape index (κ3) is 4.09. The zero-order chi connectivity index (χ0) is 12.3. The lowest BCUT2D eigenvalue weighted by Gasteiger charge is -2.11. The van der Waals surface area contributed by atoms with Crippen LogP contribution in [0.25, 0.3) is 0 Å². The Hall–Kier alpha value is -0.620. The molecule has 0 atom stereocenters. The number of sulfonamides is 1. The summed E-state index contributed by atoms with van der Waals surface area (Å²) >= 11 is 3.10. The summed E-state index contributed by atoms with van der Waals surface area (Å²) in [7, 11) is -3.37. The molecule has 0 fully saturated rings. The van der Waals surface area contributed by atoms with Crippen LogP contribution in [0, 0.1) is 11.7 Å². The van der Waals surface area contributed by atoms with Gasteiger partial charge < -0.3 is 0 Å². The normalized spacial score (nSPS) is 11.8. The molecular weight excluding hydrogens is 297 g/mol. The molecule has 0 saturated heterocycles. The van der Waals surface area contributed by atoms with Crippen LogP contribution in [0.2, 0.25) is 0 Å². The molecule has 16 heavy (non-hydrogen) atoms. The number of nitrogens with one attached hydrogen (secondary N) is 1. The second-order valence-electron chi connectivity index (χ2n) is 3.90. The molecule has 3 nitrogen and oxygen atoms in total. The highest BCUT2D eigenvalue weighted by atomic mass is 79.9. The summed E-state index contributed by atoms with van der Waals surface area (Å²) < 4.78 is 38.8. The Morgan fingerprint density at radius 1 is 1.44 bits per heavy atom. The number of anilines is 1. The lowest BCUT2D eigenvalue weighted by molar-refractivity contribution is 0.587. The third-order valence-electron chi connectivity index (χ3n) is 1.75. The van der Waals surface area contributed by atoms with Crippen LogP contribution in [0.3, 0.4) is 0 Å². The van der Waals surface area contributed by atoms with E-state index in [9.17, 15) is 12.8 Å². The third-order valence-corrected chi connectivity index (χ3v) is 4.04. The van der Waals surface area contributed by atoms with E-state index in [4.69, 9.17) is 0 Å². The summed E-state index contributed by atoms with van der Waals surface area (Å²) in [5.74, 6) is -0.341. The molecule has 1 rings (SSSR count). The van der Waals surface area contributed by atoms with E-state index in [-0.39, 0.29) is 11.7 Å². The van der Waals surface area contributed by atoms with Gasteiger partial charge in [-0.05, 0) is 40.0 Å². The number of halogens is 2. The second-order valence-corrected chi connectivity index (χ2v) is 6.52. The summed E-state index contributed by atoms with van der Waals surface area (Å²) in [6.07, 6.45) is 0. The van der Waals surface area contributed by atoms with Crippen LogP contribution in [0.1, 0.15) is 13.8 Å². The first-order valence-electron chi connectivity index (χ1n) is 4.76. The molecule has 0 saturated carbocycles. The molecule has 0 heterocycles. The Labute approximate surface area is 103 Å². The van der Waals surface area contributed by atoms with Crippen molar-refractivity contribution < 1.29 is 12.8 Å². The fraction of sp³-hybridized carbons (Fsp3) is 0.400. The number of hydrogen-bond acceptors (Lipinski definition) is 2. The molecule has 0 amide bonds. The van der Waals surface area contributed by atoms with E-state index in [0.29, 0.717) is 10.2 Å². The van der Waals surface area contributed by atoms with E-state index >= 15 is 0 Å². The Morgan fingerprint density at radius 3 is 2.56 bits per heavy atom. The molecule has 0 bridgehead atoms. The Bertz CT molecular complexity index is 474. The van der Waals surface area contributed by atoms with Crippen LogP contribution < -0.4 is 4.72 Å². The van der Waals surface area contributed by atoms with E-state index in [1.165, 1.54) is 18.2 Å². The first-order valence-corrected chi connectivity index (χ1v) is 7.20. The van der Waals surface area contributed by atoms with Crippen LogP contribution in [0.15, 0.2) is 22.7 Å². The number of benzene rings is 1. The standard InChI is InChI=1S/C10H13BrFNO2S/c1-7(2)6-16(14,15)13-10-4-3-8(12)5-9(10)11/h3-5,7,13H,6H2,1-2H3. The summed E-state index contributed by atoms with van der Waals surface area (Å²) in [5, 5.41) is 0. The van der Waals surface area contributed by atoms with Gasteiger partial charge in [0.05, 0.1) is 11.4 Å². The second kappa shape index (κ2) is 5.14. The molecule has 0 unspecified atom stereocenters. The van der Waals surface area contributed by atoms with Crippen molar-refractivity contribution in [1.82, 2.24) is 0 Å². The van der Waals surface area contributed by atoms with Gasteiger partial charge in [0, 0.05) is 4.47 Å². The minimum Gasteiger partial charge on any atom is -0.282 e. The van der Waals surface area contributed by atoms with E-state index in [0.717, 1.165) is 0 Å². The van der Waals surface area contributed by atoms with Crippen LogP contribution in [0.5, 0.6) is 0 Å². The van der Waals surface area contributed by atoms with Crippen molar-refractivity contribution in [1.29, 1.82) is 0 Å². The van der Waals surface area contributed by atoms with E-state index in [2.05, 4.69) is 20.7 Å². The van der Waals surface area contributed by atoms with Gasteiger partial charge >= 0.3 is 0 Å². The van der Waals surface area contributed by atoms with Gasteiger partial charge in [-0.1, -0.05) is 13.8 Å². The summed E-state index contributed by atoms with van der Waals surface area (Å²) in [5.41, 5.74) is 0.349. The van der Waals surface area contributed by atoms with Crippen LogP contribution in [-0.4, -0.2) is 14.2 Å². The van der Waals surface area contributed by atoms with Crippen molar-refractivity contribution in [2.24, 2.45) is 5.92 Å². The Morgan fingerprint density at radius 2 is 2.06 bits per heavy atom. The molecule has 0 aromatic heterocycles. The SMILES string of the molecule is CC(C)CS(=O)(=O)Nc1ccc(F)cc1Br. The molecule has 6 heteroatoms. The van der Waals surface area contributed by atoms with Gasteiger partial charge in [0.1, 0.15) is 5.82 Å². The molecule has 0 spiro atoms. The van der Waals surface area contributed by atoms with E-state index < -0.39 is 15.8 Å². The van der Waals surface area contributed by atoms with Crippen LogP contribution in [0.4, 0.5) is 10.1 Å². The zero-order valence-electron chi connectivity index (χ0n) is 9.00. The van der Waals surface area contributed by atoms with E-state index in [1.54, 1.807) is 0 Å². The highest BCUT2D eigenvalue weighted by molar-refractivity contribution is 9.10. The topological polar surface area (TPSA) is 46.2 Å². The number of hydrogen-bond donors (Lipinski definition) is 1. The van der Waals surface area contributed by atoms with Crippen molar-refractivity contribution in [3.8, 4) is 0 Å². The molecule has 0 aliphatic heterocycles. The highest BCUT2D eigenvalue weighted by Crippen LogP contribution is 2.24. The Kier molecular flexibility index (Phi) is 4.32. The van der Waals surface area contributed by atoms with Crippen LogP contribution in [-0.2, 0) is 10.0 Å². The highest BCUT2D eigenvalue weighted by Gasteiger charge is 2.14. The maximum atomic E-state index is 12.8. The van der Waals surface area contributed by atoms with Crippen molar-refractivity contribution in [3.05, 3.63) is 28.5 Å². The molecule has 1 aromatic rings. The minimum absolute atomic E-state index is 0.0385. The quantitative estimate of drug-likeness (QED) is 0.929. The van der Waals surface area contributed by atoms with Gasteiger partial charge in [-0.2, -0.15) is 0 Å². The predicted molar refractivity (Wildman–Crippen MR) is 66.3 cm³/mol. The van der Waals surface area contributed by atoms with Crippen molar-refractivity contribution in [2.75, 3.05) is 10.5 Å². The van der Waals surface area contributed by atoms with E-state index in [1.807, 2.05) is 13.8 Å². The van der Waals surface area contributed by atoms with Crippen molar-refractivity contribution in [2.45, 2.75) is 13.8 Å². The first-order chi connectivity index (χ1) is 7.30. The largest absolute Gasteiger partial charge is 0.282 e. The van der Waals surface area contributed by atoms with Gasteiger partial charge in [-0.25, -0.2) is 12.8 Å². The monoisotopic (exact) mass is 309 g/mol. The van der Waals surface area contributed by atoms with Gasteiger partial charge in [-0.15, -0.1) is 0 Å². The van der Waals surface area contributed by atoms with Gasteiger partial charge in [0.15, 0.2) is 0 Å². The molecule has 1 N–H and O–H groups in total. The summed E-state index contributed by atoms with van der Waals surface area (Å²) in [6.45, 7) is 3.64. The molecule has 1 aromatic carbocycles. The number of rotatable bonds is 4. The lowest BCUT2D eigenvalue weighted by atomic mass is 10.3. The molecule has 0 aliphatic carbocycles. The van der Waals surface area contributed by atoms with Crippen LogP contribution >= 0.6 is 15.9 Å². The van der Waals surface area contributed by atoms with Crippen molar-refractivity contribution in [3.63, 3.8) is 0 Å². The lowest BCUT2D eigenvalue weighted by Crippen LogP contribution is -2.20.